The summed E-state index contributed by atoms with van der Waals surface area (Å²) >= 11 is 0. The molecule has 0 amide bonds. The van der Waals surface area contributed by atoms with Crippen molar-refractivity contribution in [2.75, 3.05) is 43.4 Å². The number of rotatable bonds is 2. The zero-order valence-corrected chi connectivity index (χ0v) is 9.95. The fourth-order valence-corrected chi connectivity index (χ4v) is 1.87. The van der Waals surface area contributed by atoms with E-state index in [0.717, 1.165) is 50.1 Å². The van der Waals surface area contributed by atoms with E-state index in [0.29, 0.717) is 0 Å². The number of aromatic nitrogens is 2. The first-order valence-corrected chi connectivity index (χ1v) is 5.78. The third kappa shape index (κ3) is 2.61. The second-order valence-electron chi connectivity index (χ2n) is 4.04. The van der Waals surface area contributed by atoms with E-state index < -0.39 is 0 Å². The van der Waals surface area contributed by atoms with Crippen LogP contribution in [0, 0.1) is 6.92 Å². The molecule has 88 valence electrons. The Morgan fingerprint density at radius 1 is 1.31 bits per heavy atom. The molecular formula is C11H19N5. The highest BCUT2D eigenvalue weighted by molar-refractivity contribution is 5.43. The van der Waals surface area contributed by atoms with Crippen molar-refractivity contribution < 1.29 is 0 Å². The smallest absolute Gasteiger partial charge is 0.227 e. The first-order chi connectivity index (χ1) is 7.79. The lowest BCUT2D eigenvalue weighted by molar-refractivity contribution is 0.724. The average Bonchev–Trinajstić information content (AvgIpc) is 2.56. The predicted molar refractivity (Wildman–Crippen MR) is 66.0 cm³/mol. The quantitative estimate of drug-likeness (QED) is 0.767. The van der Waals surface area contributed by atoms with E-state index in [1.165, 1.54) is 0 Å². The van der Waals surface area contributed by atoms with E-state index in [2.05, 4.69) is 25.5 Å². The van der Waals surface area contributed by atoms with Gasteiger partial charge in [0, 0.05) is 38.4 Å². The van der Waals surface area contributed by atoms with E-state index in [1.807, 2.05) is 20.0 Å². The van der Waals surface area contributed by atoms with Crippen LogP contribution in [0.25, 0.3) is 0 Å². The Labute approximate surface area is 96.3 Å². The Hall–Kier alpha value is -1.36. The van der Waals surface area contributed by atoms with E-state index in [1.54, 1.807) is 0 Å². The van der Waals surface area contributed by atoms with Crippen molar-refractivity contribution in [3.05, 3.63) is 11.8 Å². The van der Waals surface area contributed by atoms with Gasteiger partial charge in [-0.3, -0.25) is 0 Å². The molecule has 2 rings (SSSR count). The topological polar surface area (TPSA) is 53.1 Å². The van der Waals surface area contributed by atoms with Crippen LogP contribution in [0.15, 0.2) is 6.07 Å². The van der Waals surface area contributed by atoms with Gasteiger partial charge in [0.05, 0.1) is 0 Å². The highest BCUT2D eigenvalue weighted by atomic mass is 15.3. The molecule has 1 fully saturated rings. The minimum absolute atomic E-state index is 0.841. The highest BCUT2D eigenvalue weighted by Gasteiger charge is 2.12. The first-order valence-electron chi connectivity index (χ1n) is 5.78. The summed E-state index contributed by atoms with van der Waals surface area (Å²) in [4.78, 5) is 11.2. The molecule has 1 aliphatic heterocycles. The third-order valence-electron chi connectivity index (χ3n) is 2.72. The SMILES string of the molecule is CNc1cc(C)nc(N2CCCNCC2)n1. The molecule has 0 aromatic carbocycles. The van der Waals surface area contributed by atoms with Gasteiger partial charge in [0.15, 0.2) is 0 Å². The summed E-state index contributed by atoms with van der Waals surface area (Å²) in [5.74, 6) is 1.73. The predicted octanol–water partition coefficient (Wildman–Crippen LogP) is 0.626. The number of aryl methyl sites for hydroxylation is 1. The normalized spacial score (nSPS) is 17.0. The maximum Gasteiger partial charge on any atom is 0.227 e. The van der Waals surface area contributed by atoms with Gasteiger partial charge in [0.1, 0.15) is 5.82 Å². The van der Waals surface area contributed by atoms with Gasteiger partial charge in [-0.25, -0.2) is 4.98 Å². The fraction of sp³-hybridized carbons (Fsp3) is 0.636. The summed E-state index contributed by atoms with van der Waals surface area (Å²) in [6.45, 7) is 6.10. The van der Waals surface area contributed by atoms with Crippen molar-refractivity contribution >= 4 is 11.8 Å². The van der Waals surface area contributed by atoms with Crippen LogP contribution in [0.1, 0.15) is 12.1 Å². The molecule has 16 heavy (non-hydrogen) atoms. The number of nitrogens with zero attached hydrogens (tertiary/aromatic N) is 3. The molecule has 0 bridgehead atoms. The Morgan fingerprint density at radius 3 is 3.00 bits per heavy atom. The van der Waals surface area contributed by atoms with Crippen molar-refractivity contribution in [2.45, 2.75) is 13.3 Å². The fourth-order valence-electron chi connectivity index (χ4n) is 1.87. The minimum atomic E-state index is 0.841. The maximum absolute atomic E-state index is 4.49. The van der Waals surface area contributed by atoms with Crippen LogP contribution >= 0.6 is 0 Å². The van der Waals surface area contributed by atoms with E-state index in [-0.39, 0.29) is 0 Å². The molecule has 0 saturated carbocycles. The van der Waals surface area contributed by atoms with Gasteiger partial charge >= 0.3 is 0 Å². The van der Waals surface area contributed by atoms with Crippen LogP contribution < -0.4 is 15.5 Å². The van der Waals surface area contributed by atoms with Gasteiger partial charge in [-0.1, -0.05) is 0 Å². The Bertz CT molecular complexity index is 344. The van der Waals surface area contributed by atoms with Crippen molar-refractivity contribution in [3.63, 3.8) is 0 Å². The summed E-state index contributed by atoms with van der Waals surface area (Å²) in [6.07, 6.45) is 1.15. The van der Waals surface area contributed by atoms with Gasteiger partial charge in [-0.05, 0) is 19.9 Å². The molecule has 0 spiro atoms. The van der Waals surface area contributed by atoms with Crippen molar-refractivity contribution in [1.29, 1.82) is 0 Å². The van der Waals surface area contributed by atoms with E-state index in [9.17, 15) is 0 Å². The second kappa shape index (κ2) is 5.12. The van der Waals surface area contributed by atoms with Gasteiger partial charge < -0.3 is 15.5 Å². The third-order valence-corrected chi connectivity index (χ3v) is 2.72. The molecule has 2 heterocycles. The van der Waals surface area contributed by atoms with Crippen LogP contribution in [-0.2, 0) is 0 Å². The summed E-state index contributed by atoms with van der Waals surface area (Å²) in [7, 11) is 1.88. The number of nitrogens with one attached hydrogen (secondary N) is 2. The van der Waals surface area contributed by atoms with Gasteiger partial charge in [-0.15, -0.1) is 0 Å². The molecule has 1 aromatic rings. The summed E-state index contributed by atoms with van der Waals surface area (Å²) in [5, 5.41) is 6.45. The molecule has 1 aliphatic rings. The Kier molecular flexibility index (Phi) is 3.56. The van der Waals surface area contributed by atoms with E-state index >= 15 is 0 Å². The van der Waals surface area contributed by atoms with Crippen molar-refractivity contribution in [2.24, 2.45) is 0 Å². The lowest BCUT2D eigenvalue weighted by Crippen LogP contribution is -2.29. The summed E-state index contributed by atoms with van der Waals surface area (Å²) in [5.41, 5.74) is 1.01. The van der Waals surface area contributed by atoms with E-state index in [4.69, 9.17) is 0 Å². The Morgan fingerprint density at radius 2 is 2.19 bits per heavy atom. The molecule has 0 aliphatic carbocycles. The maximum atomic E-state index is 4.49. The molecule has 2 N–H and O–H groups in total. The van der Waals surface area contributed by atoms with Gasteiger partial charge in [0.2, 0.25) is 5.95 Å². The van der Waals surface area contributed by atoms with Gasteiger partial charge in [-0.2, -0.15) is 4.98 Å². The molecule has 5 heteroatoms. The largest absolute Gasteiger partial charge is 0.373 e. The van der Waals surface area contributed by atoms with Crippen LogP contribution in [0.2, 0.25) is 0 Å². The monoisotopic (exact) mass is 221 g/mol. The highest BCUT2D eigenvalue weighted by Crippen LogP contribution is 2.13. The molecule has 0 unspecified atom stereocenters. The lowest BCUT2D eigenvalue weighted by atomic mass is 10.4. The summed E-state index contributed by atoms with van der Waals surface area (Å²) in [6, 6.07) is 1.96. The Balaban J connectivity index is 2.20. The van der Waals surface area contributed by atoms with Crippen LogP contribution in [0.5, 0.6) is 0 Å². The standard InChI is InChI=1S/C11H19N5/c1-9-8-10(12-2)15-11(14-9)16-6-3-4-13-5-7-16/h8,13H,3-7H2,1-2H3,(H,12,14,15). The van der Waals surface area contributed by atoms with Crippen molar-refractivity contribution in [1.82, 2.24) is 15.3 Å². The lowest BCUT2D eigenvalue weighted by Gasteiger charge is -2.20. The number of anilines is 2. The zero-order valence-electron chi connectivity index (χ0n) is 9.95. The molecule has 0 atom stereocenters. The molecule has 1 aromatic heterocycles. The minimum Gasteiger partial charge on any atom is -0.373 e. The molecule has 5 nitrogen and oxygen atoms in total. The van der Waals surface area contributed by atoms with Gasteiger partial charge in [0.25, 0.3) is 0 Å². The van der Waals surface area contributed by atoms with Crippen LogP contribution in [0.4, 0.5) is 11.8 Å². The average molecular weight is 221 g/mol. The first kappa shape index (κ1) is 11.1. The molecule has 0 radical (unpaired) electrons. The summed E-state index contributed by atoms with van der Waals surface area (Å²) < 4.78 is 0. The molecular weight excluding hydrogens is 202 g/mol. The zero-order chi connectivity index (χ0) is 11.4. The van der Waals surface area contributed by atoms with Crippen LogP contribution in [-0.4, -0.2) is 43.2 Å². The van der Waals surface area contributed by atoms with Crippen LogP contribution in [0.3, 0.4) is 0 Å². The number of hydrogen-bond donors (Lipinski definition) is 2. The van der Waals surface area contributed by atoms with Crippen molar-refractivity contribution in [3.8, 4) is 0 Å². The number of hydrogen-bond acceptors (Lipinski definition) is 5. The second-order valence-corrected chi connectivity index (χ2v) is 4.04. The molecule has 1 saturated heterocycles.